The Morgan fingerprint density at radius 2 is 1.94 bits per heavy atom. The molecule has 18 heavy (non-hydrogen) atoms. The van der Waals surface area contributed by atoms with Gasteiger partial charge in [0.05, 0.1) is 5.75 Å². The number of carbonyl (C=O) groups is 1. The summed E-state index contributed by atoms with van der Waals surface area (Å²) in [4.78, 5) is 22.0. The van der Waals surface area contributed by atoms with Crippen LogP contribution < -0.4 is 11.5 Å². The highest BCUT2D eigenvalue weighted by Gasteiger charge is 2.10. The molecule has 0 radical (unpaired) electrons. The van der Waals surface area contributed by atoms with Crippen LogP contribution in [0.3, 0.4) is 0 Å². The van der Waals surface area contributed by atoms with Crippen LogP contribution in [0.15, 0.2) is 21.6 Å². The number of thioether (sulfide) groups is 1. The number of furan rings is 1. The molecule has 0 fully saturated rings. The molecule has 0 aliphatic carbocycles. The largest absolute Gasteiger partial charge is 0.475 e. The predicted octanol–water partition coefficient (Wildman–Crippen LogP) is 0.619. The quantitative estimate of drug-likeness (QED) is 0.679. The lowest BCUT2D eigenvalue weighted by atomic mass is 10.5. The van der Waals surface area contributed by atoms with E-state index in [0.29, 0.717) is 16.7 Å². The first kappa shape index (κ1) is 12.2. The number of anilines is 2. The summed E-state index contributed by atoms with van der Waals surface area (Å²) in [5.41, 5.74) is 10.8. The van der Waals surface area contributed by atoms with Gasteiger partial charge in [-0.2, -0.15) is 15.0 Å². The van der Waals surface area contributed by atoms with Crippen molar-refractivity contribution in [2.45, 2.75) is 10.8 Å². The topological polar surface area (TPSA) is 141 Å². The number of nitrogens with two attached hydrogens (primary N) is 2. The van der Waals surface area contributed by atoms with E-state index in [-0.39, 0.29) is 17.7 Å². The van der Waals surface area contributed by atoms with E-state index >= 15 is 0 Å². The van der Waals surface area contributed by atoms with E-state index in [9.17, 15) is 4.79 Å². The molecule has 0 aliphatic heterocycles. The normalized spacial score (nSPS) is 10.4. The van der Waals surface area contributed by atoms with Gasteiger partial charge in [-0.3, -0.25) is 0 Å². The Bertz CT molecular complexity index is 565. The van der Waals surface area contributed by atoms with Crippen molar-refractivity contribution in [1.29, 1.82) is 0 Å². The van der Waals surface area contributed by atoms with Crippen molar-refractivity contribution in [2.75, 3.05) is 11.5 Å². The minimum absolute atomic E-state index is 0.0452. The Kier molecular flexibility index (Phi) is 3.33. The van der Waals surface area contributed by atoms with Crippen LogP contribution in [0.4, 0.5) is 11.9 Å². The van der Waals surface area contributed by atoms with Crippen molar-refractivity contribution in [2.24, 2.45) is 0 Å². The number of nitrogen functional groups attached to an aromatic ring is 2. The van der Waals surface area contributed by atoms with Crippen LogP contribution in [-0.2, 0) is 5.75 Å². The summed E-state index contributed by atoms with van der Waals surface area (Å²) in [6.45, 7) is 0. The molecule has 0 spiro atoms. The third kappa shape index (κ3) is 2.88. The second kappa shape index (κ2) is 4.92. The Hall–Kier alpha value is -2.29. The summed E-state index contributed by atoms with van der Waals surface area (Å²) in [6, 6.07) is 2.93. The van der Waals surface area contributed by atoms with Crippen molar-refractivity contribution in [3.05, 3.63) is 23.7 Å². The van der Waals surface area contributed by atoms with Crippen molar-refractivity contribution in [3.63, 3.8) is 0 Å². The maximum Gasteiger partial charge on any atom is 0.371 e. The number of hydrogen-bond donors (Lipinski definition) is 3. The Balaban J connectivity index is 2.04. The highest BCUT2D eigenvalue weighted by atomic mass is 32.2. The molecule has 0 saturated carbocycles. The number of aromatic nitrogens is 3. The summed E-state index contributed by atoms with van der Waals surface area (Å²) >= 11 is 1.24. The molecule has 2 aromatic rings. The van der Waals surface area contributed by atoms with Gasteiger partial charge in [0.25, 0.3) is 0 Å². The minimum atomic E-state index is -1.12. The Morgan fingerprint density at radius 3 is 2.50 bits per heavy atom. The van der Waals surface area contributed by atoms with E-state index in [1.54, 1.807) is 6.07 Å². The molecule has 0 amide bonds. The first-order valence-electron chi connectivity index (χ1n) is 4.76. The average Bonchev–Trinajstić information content (AvgIpc) is 2.73. The first-order chi connectivity index (χ1) is 8.54. The van der Waals surface area contributed by atoms with Gasteiger partial charge in [-0.25, -0.2) is 4.79 Å². The fourth-order valence-electron chi connectivity index (χ4n) is 1.17. The van der Waals surface area contributed by atoms with Crippen molar-refractivity contribution < 1.29 is 14.3 Å². The van der Waals surface area contributed by atoms with Gasteiger partial charge in [0.15, 0.2) is 5.09 Å². The van der Waals surface area contributed by atoms with Gasteiger partial charge in [-0.15, -0.1) is 0 Å². The Labute approximate surface area is 105 Å². The predicted molar refractivity (Wildman–Crippen MR) is 63.9 cm³/mol. The highest BCUT2D eigenvalue weighted by molar-refractivity contribution is 7.98. The van der Waals surface area contributed by atoms with Crippen LogP contribution in [-0.4, -0.2) is 26.0 Å². The fraction of sp³-hybridized carbons (Fsp3) is 0.111. The zero-order valence-corrected chi connectivity index (χ0v) is 9.85. The van der Waals surface area contributed by atoms with E-state index in [1.165, 1.54) is 17.8 Å². The average molecular weight is 267 g/mol. The summed E-state index contributed by atoms with van der Waals surface area (Å²) in [7, 11) is 0. The molecule has 94 valence electrons. The van der Waals surface area contributed by atoms with Gasteiger partial charge in [0, 0.05) is 0 Å². The fourth-order valence-corrected chi connectivity index (χ4v) is 1.88. The van der Waals surface area contributed by atoms with Gasteiger partial charge in [0.2, 0.25) is 17.7 Å². The van der Waals surface area contributed by atoms with Crippen molar-refractivity contribution in [3.8, 4) is 0 Å². The van der Waals surface area contributed by atoms with Gasteiger partial charge in [0.1, 0.15) is 5.82 Å². The van der Waals surface area contributed by atoms with Gasteiger partial charge < -0.3 is 21.0 Å². The zero-order chi connectivity index (χ0) is 13.1. The standard InChI is InChI=1S/C9H9N5O3S/c10-8-12-5(13-9(11)14-8)3-18-6-2-1-4(17-6)7(15)16/h1-2H,3H2,(H,15,16)(H4,10,11,12,13,14). The van der Waals surface area contributed by atoms with E-state index in [1.807, 2.05) is 0 Å². The molecule has 0 bridgehead atoms. The van der Waals surface area contributed by atoms with Gasteiger partial charge in [-0.05, 0) is 12.1 Å². The lowest BCUT2D eigenvalue weighted by molar-refractivity contribution is 0.0656. The van der Waals surface area contributed by atoms with Crippen molar-refractivity contribution >= 4 is 29.6 Å². The third-order valence-electron chi connectivity index (χ3n) is 1.85. The van der Waals surface area contributed by atoms with Gasteiger partial charge >= 0.3 is 5.97 Å². The molecule has 0 unspecified atom stereocenters. The number of nitrogens with zero attached hydrogens (tertiary/aromatic N) is 3. The molecule has 2 heterocycles. The molecular weight excluding hydrogens is 258 g/mol. The molecule has 2 rings (SSSR count). The van der Waals surface area contributed by atoms with Crippen LogP contribution >= 0.6 is 11.8 Å². The molecule has 5 N–H and O–H groups in total. The number of carboxylic acid groups (broad SMARTS) is 1. The lowest BCUT2D eigenvalue weighted by Crippen LogP contribution is -2.05. The number of hydrogen-bond acceptors (Lipinski definition) is 8. The van der Waals surface area contributed by atoms with Crippen LogP contribution in [0.25, 0.3) is 0 Å². The summed E-state index contributed by atoms with van der Waals surface area (Å²) in [5, 5.41) is 9.14. The second-order valence-electron chi connectivity index (χ2n) is 3.18. The SMILES string of the molecule is Nc1nc(N)nc(CSc2ccc(C(=O)O)o2)n1. The lowest BCUT2D eigenvalue weighted by Gasteiger charge is -2.00. The molecule has 8 nitrogen and oxygen atoms in total. The molecule has 0 aliphatic rings. The second-order valence-corrected chi connectivity index (χ2v) is 4.16. The number of rotatable bonds is 4. The molecule has 9 heteroatoms. The van der Waals surface area contributed by atoms with Crippen molar-refractivity contribution in [1.82, 2.24) is 15.0 Å². The smallest absolute Gasteiger partial charge is 0.371 e. The molecule has 0 saturated heterocycles. The van der Waals surface area contributed by atoms with E-state index in [2.05, 4.69) is 15.0 Å². The summed E-state index contributed by atoms with van der Waals surface area (Å²) in [6.07, 6.45) is 0. The molecule has 0 atom stereocenters. The number of aromatic carboxylic acids is 1. The maximum absolute atomic E-state index is 10.6. The summed E-state index contributed by atoms with van der Waals surface area (Å²) in [5.74, 6) is -0.391. The van der Waals surface area contributed by atoms with Crippen LogP contribution in [0.5, 0.6) is 0 Å². The molecule has 0 aromatic carbocycles. The zero-order valence-electron chi connectivity index (χ0n) is 9.03. The van der Waals surface area contributed by atoms with Crippen LogP contribution in [0.2, 0.25) is 0 Å². The van der Waals surface area contributed by atoms with Crippen LogP contribution in [0.1, 0.15) is 16.4 Å². The minimum Gasteiger partial charge on any atom is -0.475 e. The summed E-state index contributed by atoms with van der Waals surface area (Å²) < 4.78 is 5.06. The monoisotopic (exact) mass is 267 g/mol. The first-order valence-corrected chi connectivity index (χ1v) is 5.75. The molecule has 2 aromatic heterocycles. The third-order valence-corrected chi connectivity index (χ3v) is 2.76. The van der Waals surface area contributed by atoms with E-state index < -0.39 is 5.97 Å². The highest BCUT2D eigenvalue weighted by Crippen LogP contribution is 2.24. The Morgan fingerprint density at radius 1 is 1.28 bits per heavy atom. The van der Waals surface area contributed by atoms with Gasteiger partial charge in [-0.1, -0.05) is 11.8 Å². The maximum atomic E-state index is 10.6. The molecular formula is C9H9N5O3S. The van der Waals surface area contributed by atoms with E-state index in [4.69, 9.17) is 21.0 Å². The van der Waals surface area contributed by atoms with E-state index in [0.717, 1.165) is 0 Å². The van der Waals surface area contributed by atoms with Crippen LogP contribution in [0, 0.1) is 0 Å². The number of carboxylic acids is 1.